The lowest BCUT2D eigenvalue weighted by Crippen LogP contribution is -2.48. The molecule has 3 aromatic carbocycles. The number of carbonyl (C=O) groups is 1. The van der Waals surface area contributed by atoms with Crippen LogP contribution in [-0.4, -0.2) is 42.2 Å². The van der Waals surface area contributed by atoms with Gasteiger partial charge in [-0.1, -0.05) is 24.3 Å². The summed E-state index contributed by atoms with van der Waals surface area (Å²) in [7, 11) is 1.96. The molecular weight excluding hydrogens is 410 g/mol. The van der Waals surface area contributed by atoms with E-state index in [1.165, 1.54) is 24.3 Å². The van der Waals surface area contributed by atoms with Crippen molar-refractivity contribution in [2.45, 2.75) is 18.5 Å². The lowest BCUT2D eigenvalue weighted by Gasteiger charge is -2.44. The Balaban J connectivity index is 1.60. The van der Waals surface area contributed by atoms with E-state index in [-0.39, 0.29) is 36.3 Å². The highest BCUT2D eigenvalue weighted by Gasteiger charge is 2.47. The van der Waals surface area contributed by atoms with Gasteiger partial charge in [0.25, 0.3) is 5.91 Å². The standard InChI is InChI=1S/C26H24F2N2O2/c1-29-23-10-7-17(16-5-8-19(27)9-6-16)14-22(23)25-21(24(29)15-31)11-12-30(25)26(32)18-3-2-4-20(28)13-18/h2-10,13-14,21,24-25,31H,11-12,15H2,1H3/t21-,24-,25-/m0/s1. The molecule has 32 heavy (non-hydrogen) atoms. The molecule has 0 saturated carbocycles. The van der Waals surface area contributed by atoms with E-state index in [2.05, 4.69) is 11.0 Å². The third-order valence-electron chi connectivity index (χ3n) is 6.86. The maximum atomic E-state index is 13.8. The van der Waals surface area contributed by atoms with Crippen molar-refractivity contribution in [2.75, 3.05) is 25.1 Å². The number of rotatable bonds is 3. The van der Waals surface area contributed by atoms with Crippen molar-refractivity contribution in [1.82, 2.24) is 4.90 Å². The Hall–Kier alpha value is -3.25. The molecule has 6 heteroatoms. The lowest BCUT2D eigenvalue weighted by atomic mass is 9.81. The van der Waals surface area contributed by atoms with Gasteiger partial charge in [0.05, 0.1) is 18.7 Å². The molecule has 0 bridgehead atoms. The molecule has 2 aliphatic heterocycles. The Kier molecular flexibility index (Phi) is 5.18. The number of likely N-dealkylation sites (tertiary alicyclic amines) is 1. The zero-order chi connectivity index (χ0) is 22.4. The predicted octanol–water partition coefficient (Wildman–Crippen LogP) is 4.65. The summed E-state index contributed by atoms with van der Waals surface area (Å²) in [6, 6.07) is 17.8. The molecule has 0 spiro atoms. The number of aliphatic hydroxyl groups is 1. The maximum absolute atomic E-state index is 13.8. The summed E-state index contributed by atoms with van der Waals surface area (Å²) in [5.74, 6) is -0.892. The molecule has 0 radical (unpaired) electrons. The van der Waals surface area contributed by atoms with Gasteiger partial charge in [-0.2, -0.15) is 0 Å². The van der Waals surface area contributed by atoms with Crippen LogP contribution in [0.15, 0.2) is 66.7 Å². The fourth-order valence-corrected chi connectivity index (χ4v) is 5.29. The van der Waals surface area contributed by atoms with Gasteiger partial charge in [-0.05, 0) is 65.6 Å². The second-order valence-electron chi connectivity index (χ2n) is 8.55. The molecule has 3 atom stereocenters. The van der Waals surface area contributed by atoms with Gasteiger partial charge in [0.2, 0.25) is 0 Å². The van der Waals surface area contributed by atoms with Gasteiger partial charge in [-0.15, -0.1) is 0 Å². The number of halogens is 2. The van der Waals surface area contributed by atoms with Crippen molar-refractivity contribution in [3.63, 3.8) is 0 Å². The monoisotopic (exact) mass is 434 g/mol. The fourth-order valence-electron chi connectivity index (χ4n) is 5.29. The lowest BCUT2D eigenvalue weighted by molar-refractivity contribution is 0.0693. The van der Waals surface area contributed by atoms with Crippen LogP contribution in [0.3, 0.4) is 0 Å². The average molecular weight is 434 g/mol. The highest BCUT2D eigenvalue weighted by molar-refractivity contribution is 5.95. The maximum Gasteiger partial charge on any atom is 0.254 e. The van der Waals surface area contributed by atoms with Gasteiger partial charge < -0.3 is 14.9 Å². The minimum Gasteiger partial charge on any atom is -0.394 e. The van der Waals surface area contributed by atoms with Gasteiger partial charge in [0.1, 0.15) is 11.6 Å². The first-order valence-electron chi connectivity index (χ1n) is 10.8. The van der Waals surface area contributed by atoms with E-state index in [1.807, 2.05) is 24.1 Å². The number of hydrogen-bond donors (Lipinski definition) is 1. The Morgan fingerprint density at radius 2 is 1.75 bits per heavy atom. The summed E-state index contributed by atoms with van der Waals surface area (Å²) < 4.78 is 27.2. The topological polar surface area (TPSA) is 43.8 Å². The number of amides is 1. The molecule has 164 valence electrons. The predicted molar refractivity (Wildman–Crippen MR) is 119 cm³/mol. The van der Waals surface area contributed by atoms with Crippen LogP contribution in [0.4, 0.5) is 14.5 Å². The minimum atomic E-state index is -0.442. The number of nitrogens with zero attached hydrogens (tertiary/aromatic N) is 2. The first-order chi connectivity index (χ1) is 15.5. The summed E-state index contributed by atoms with van der Waals surface area (Å²) in [6.07, 6.45) is 0.751. The van der Waals surface area contributed by atoms with Crippen molar-refractivity contribution >= 4 is 11.6 Å². The Morgan fingerprint density at radius 1 is 1.00 bits per heavy atom. The van der Waals surface area contributed by atoms with Crippen LogP contribution in [0.25, 0.3) is 11.1 Å². The van der Waals surface area contributed by atoms with Crippen molar-refractivity contribution in [2.24, 2.45) is 5.92 Å². The molecule has 1 N–H and O–H groups in total. The molecule has 5 rings (SSSR count). The number of fused-ring (bicyclic) bond motifs is 3. The first-order valence-corrected chi connectivity index (χ1v) is 10.8. The van der Waals surface area contributed by atoms with E-state index in [4.69, 9.17) is 0 Å². The average Bonchev–Trinajstić information content (AvgIpc) is 3.24. The number of benzene rings is 3. The van der Waals surface area contributed by atoms with Crippen molar-refractivity contribution in [3.8, 4) is 11.1 Å². The van der Waals surface area contributed by atoms with Crippen LogP contribution < -0.4 is 4.90 Å². The molecule has 2 aliphatic rings. The van der Waals surface area contributed by atoms with Crippen LogP contribution in [0, 0.1) is 17.6 Å². The summed E-state index contributed by atoms with van der Waals surface area (Å²) >= 11 is 0. The number of anilines is 1. The SMILES string of the molecule is CN1c2ccc(-c3ccc(F)cc3)cc2[C@@H]2[C@@H](CCN2C(=O)c2cccc(F)c2)[C@@H]1CO. The molecule has 4 nitrogen and oxygen atoms in total. The van der Waals surface area contributed by atoms with Crippen LogP contribution in [0.1, 0.15) is 28.4 Å². The van der Waals surface area contributed by atoms with E-state index in [0.29, 0.717) is 12.1 Å². The second-order valence-corrected chi connectivity index (χ2v) is 8.55. The molecule has 2 heterocycles. The fraction of sp³-hybridized carbons (Fsp3) is 0.269. The molecule has 0 unspecified atom stereocenters. The second kappa shape index (κ2) is 8.02. The highest BCUT2D eigenvalue weighted by Crippen LogP contribution is 2.49. The normalized spacial score (nSPS) is 21.9. The van der Waals surface area contributed by atoms with Crippen molar-refractivity contribution in [1.29, 1.82) is 0 Å². The number of aliphatic hydroxyl groups excluding tert-OH is 1. The molecule has 0 aliphatic carbocycles. The van der Waals surface area contributed by atoms with Crippen molar-refractivity contribution < 1.29 is 18.7 Å². The van der Waals surface area contributed by atoms with Crippen LogP contribution in [0.2, 0.25) is 0 Å². The van der Waals surface area contributed by atoms with E-state index in [0.717, 1.165) is 28.8 Å². The van der Waals surface area contributed by atoms with Gasteiger partial charge in [-0.3, -0.25) is 4.79 Å². The summed E-state index contributed by atoms with van der Waals surface area (Å²) in [5, 5.41) is 10.1. The zero-order valence-electron chi connectivity index (χ0n) is 17.7. The molecule has 0 aromatic heterocycles. The van der Waals surface area contributed by atoms with Crippen LogP contribution in [-0.2, 0) is 0 Å². The summed E-state index contributed by atoms with van der Waals surface area (Å²) in [4.78, 5) is 17.3. The largest absolute Gasteiger partial charge is 0.394 e. The smallest absolute Gasteiger partial charge is 0.254 e. The summed E-state index contributed by atoms with van der Waals surface area (Å²) in [6.45, 7) is 0.522. The van der Waals surface area contributed by atoms with Crippen molar-refractivity contribution in [3.05, 3.63) is 89.5 Å². The highest BCUT2D eigenvalue weighted by atomic mass is 19.1. The Morgan fingerprint density at radius 3 is 2.47 bits per heavy atom. The van der Waals surface area contributed by atoms with E-state index >= 15 is 0 Å². The molecular formula is C26H24F2N2O2. The van der Waals surface area contributed by atoms with Gasteiger partial charge in [-0.25, -0.2) is 8.78 Å². The van der Waals surface area contributed by atoms with E-state index < -0.39 is 5.82 Å². The number of carbonyl (C=O) groups excluding carboxylic acids is 1. The van der Waals surface area contributed by atoms with Gasteiger partial charge in [0, 0.05) is 30.8 Å². The quantitative estimate of drug-likeness (QED) is 0.653. The van der Waals surface area contributed by atoms with Crippen LogP contribution >= 0.6 is 0 Å². The van der Waals surface area contributed by atoms with Crippen LogP contribution in [0.5, 0.6) is 0 Å². The molecule has 1 saturated heterocycles. The van der Waals surface area contributed by atoms with E-state index in [9.17, 15) is 18.7 Å². The Labute approximate surface area is 185 Å². The summed E-state index contributed by atoms with van der Waals surface area (Å²) in [5.41, 5.74) is 4.09. The van der Waals surface area contributed by atoms with Gasteiger partial charge in [0.15, 0.2) is 0 Å². The molecule has 3 aromatic rings. The first kappa shape index (κ1) is 20.6. The molecule has 1 amide bonds. The number of likely N-dealkylation sites (N-methyl/N-ethyl adjacent to an activating group) is 1. The molecule has 1 fully saturated rings. The third-order valence-corrected chi connectivity index (χ3v) is 6.86. The van der Waals surface area contributed by atoms with Gasteiger partial charge >= 0.3 is 0 Å². The Bertz CT molecular complexity index is 1160. The third kappa shape index (κ3) is 3.35. The van der Waals surface area contributed by atoms with E-state index in [1.54, 1.807) is 24.3 Å². The zero-order valence-corrected chi connectivity index (χ0v) is 17.7. The number of hydrogen-bond acceptors (Lipinski definition) is 3. The minimum absolute atomic E-state index is 0.0151.